The van der Waals surface area contributed by atoms with Crippen LogP contribution in [0.3, 0.4) is 0 Å². The first-order chi connectivity index (χ1) is 11.6. The van der Waals surface area contributed by atoms with E-state index in [-0.39, 0.29) is 12.2 Å². The van der Waals surface area contributed by atoms with Crippen LogP contribution in [0.4, 0.5) is 5.69 Å². The molecule has 0 aliphatic heterocycles. The lowest BCUT2D eigenvalue weighted by Crippen LogP contribution is -2.22. The number of hydrogen-bond acceptors (Lipinski definition) is 3. The van der Waals surface area contributed by atoms with Crippen molar-refractivity contribution in [2.45, 2.75) is 83.3 Å². The lowest BCUT2D eigenvalue weighted by Gasteiger charge is -2.31. The van der Waals surface area contributed by atoms with Gasteiger partial charge in [-0.2, -0.15) is 0 Å². The number of rotatable bonds is 6. The molecule has 2 aliphatic carbocycles. The van der Waals surface area contributed by atoms with Crippen LogP contribution in [0, 0.1) is 6.92 Å². The van der Waals surface area contributed by atoms with Crippen LogP contribution in [0.5, 0.6) is 0 Å². The molecular formula is C19H30NO3P. The van der Waals surface area contributed by atoms with Gasteiger partial charge in [0.1, 0.15) is 0 Å². The van der Waals surface area contributed by atoms with E-state index in [1.54, 1.807) is 0 Å². The fourth-order valence-electron chi connectivity index (χ4n) is 3.68. The summed E-state index contributed by atoms with van der Waals surface area (Å²) in [5, 5.41) is 3.10. The van der Waals surface area contributed by atoms with Gasteiger partial charge in [0.2, 0.25) is 0 Å². The molecule has 1 N–H and O–H groups in total. The average Bonchev–Trinajstić information content (AvgIpc) is 2.56. The highest BCUT2D eigenvalue weighted by Gasteiger charge is 2.33. The third kappa shape index (κ3) is 5.34. The lowest BCUT2D eigenvalue weighted by molar-refractivity contribution is 0.0816. The molecule has 0 saturated heterocycles. The van der Waals surface area contributed by atoms with Crippen molar-refractivity contribution in [3.8, 4) is 0 Å². The molecule has 0 atom stereocenters. The molecule has 0 amide bonds. The van der Waals surface area contributed by atoms with Gasteiger partial charge in [-0.25, -0.2) is 4.57 Å². The van der Waals surface area contributed by atoms with Crippen LogP contribution < -0.4 is 5.09 Å². The maximum absolute atomic E-state index is 13.5. The van der Waals surface area contributed by atoms with E-state index in [9.17, 15) is 4.57 Å². The number of hydrogen-bond donors (Lipinski definition) is 1. The van der Waals surface area contributed by atoms with Crippen molar-refractivity contribution in [1.82, 2.24) is 0 Å². The Labute approximate surface area is 145 Å². The molecule has 0 aromatic heterocycles. The molecule has 4 nitrogen and oxygen atoms in total. The summed E-state index contributed by atoms with van der Waals surface area (Å²) in [7, 11) is -3.35. The first kappa shape index (κ1) is 18.0. The van der Waals surface area contributed by atoms with Crippen molar-refractivity contribution in [2.75, 3.05) is 5.09 Å². The Morgan fingerprint density at radius 2 is 1.46 bits per heavy atom. The zero-order valence-electron chi connectivity index (χ0n) is 14.7. The second kappa shape index (κ2) is 8.51. The van der Waals surface area contributed by atoms with Crippen LogP contribution in [0.15, 0.2) is 24.3 Å². The normalized spacial score (nSPS) is 20.9. The van der Waals surface area contributed by atoms with Crippen LogP contribution in [-0.2, 0) is 13.6 Å². The summed E-state index contributed by atoms with van der Waals surface area (Å²) >= 11 is 0. The van der Waals surface area contributed by atoms with E-state index in [1.807, 2.05) is 31.2 Å². The Morgan fingerprint density at radius 3 is 1.96 bits per heavy atom. The molecule has 0 unspecified atom stereocenters. The summed E-state index contributed by atoms with van der Waals surface area (Å²) in [4.78, 5) is 0. The molecule has 3 rings (SSSR count). The Balaban J connectivity index is 1.71. The van der Waals surface area contributed by atoms with Gasteiger partial charge in [-0.1, -0.05) is 50.7 Å². The Kier molecular flexibility index (Phi) is 6.37. The maximum atomic E-state index is 13.5. The third-order valence-electron chi connectivity index (χ3n) is 4.96. The maximum Gasteiger partial charge on any atom is 0.433 e. The molecule has 0 heterocycles. The summed E-state index contributed by atoms with van der Waals surface area (Å²) in [6, 6.07) is 7.90. The third-order valence-corrected chi connectivity index (χ3v) is 6.65. The van der Waals surface area contributed by atoms with Crippen molar-refractivity contribution in [1.29, 1.82) is 0 Å². The van der Waals surface area contributed by atoms with Gasteiger partial charge in [0, 0.05) is 5.69 Å². The van der Waals surface area contributed by atoms with Gasteiger partial charge in [0.15, 0.2) is 0 Å². The van der Waals surface area contributed by atoms with Gasteiger partial charge in [-0.05, 0) is 50.3 Å². The minimum atomic E-state index is -3.35. The van der Waals surface area contributed by atoms with Gasteiger partial charge in [-0.15, -0.1) is 0 Å². The topological polar surface area (TPSA) is 47.6 Å². The summed E-state index contributed by atoms with van der Waals surface area (Å²) in [6.07, 6.45) is 11.1. The average molecular weight is 351 g/mol. The Bertz CT molecular complexity index is 541. The molecule has 1 aromatic rings. The first-order valence-corrected chi connectivity index (χ1v) is 11.0. The number of anilines is 1. The standard InChI is InChI=1S/C19H30NO3P/c1-16-9-8-10-17(15-16)20-24(21,22-18-11-4-2-5-12-18)23-19-13-6-3-7-14-19/h8-10,15,18-19H,2-7,11-14H2,1H3,(H,20,21). The molecule has 0 bridgehead atoms. The summed E-state index contributed by atoms with van der Waals surface area (Å²) in [5.41, 5.74) is 1.94. The van der Waals surface area contributed by atoms with Gasteiger partial charge in [-0.3, -0.25) is 14.1 Å². The van der Waals surface area contributed by atoms with E-state index in [1.165, 1.54) is 12.8 Å². The van der Waals surface area contributed by atoms with E-state index in [2.05, 4.69) is 5.09 Å². The lowest BCUT2D eigenvalue weighted by atomic mass is 9.98. The van der Waals surface area contributed by atoms with E-state index < -0.39 is 7.75 Å². The van der Waals surface area contributed by atoms with Crippen molar-refractivity contribution >= 4 is 13.4 Å². The van der Waals surface area contributed by atoms with Crippen LogP contribution in [0.25, 0.3) is 0 Å². The molecule has 1 aromatic carbocycles. The minimum absolute atomic E-state index is 0.0467. The number of nitrogens with one attached hydrogen (secondary N) is 1. The Hall–Kier alpha value is -0.830. The largest absolute Gasteiger partial charge is 0.433 e. The van der Waals surface area contributed by atoms with Gasteiger partial charge in [0.05, 0.1) is 12.2 Å². The van der Waals surface area contributed by atoms with Crippen LogP contribution in [0.1, 0.15) is 69.8 Å². The fraction of sp³-hybridized carbons (Fsp3) is 0.684. The van der Waals surface area contributed by atoms with Gasteiger partial charge < -0.3 is 0 Å². The Morgan fingerprint density at radius 1 is 0.917 bits per heavy atom. The number of aryl methyl sites for hydroxylation is 1. The van der Waals surface area contributed by atoms with E-state index in [4.69, 9.17) is 9.05 Å². The highest BCUT2D eigenvalue weighted by molar-refractivity contribution is 7.55. The summed E-state index contributed by atoms with van der Waals surface area (Å²) < 4.78 is 25.6. The predicted molar refractivity (Wildman–Crippen MR) is 98.3 cm³/mol. The molecule has 0 spiro atoms. The van der Waals surface area contributed by atoms with Crippen LogP contribution in [-0.4, -0.2) is 12.2 Å². The molecule has 0 radical (unpaired) electrons. The van der Waals surface area contributed by atoms with Crippen LogP contribution in [0.2, 0.25) is 0 Å². The molecule has 2 saturated carbocycles. The molecule has 2 fully saturated rings. The van der Waals surface area contributed by atoms with Gasteiger partial charge >= 0.3 is 7.75 Å². The zero-order chi connectivity index (χ0) is 16.8. The SMILES string of the molecule is Cc1cccc(NP(=O)(OC2CCCCC2)OC2CCCCC2)c1. The smallest absolute Gasteiger partial charge is 0.293 e. The monoisotopic (exact) mass is 351 g/mol. The number of benzene rings is 1. The van der Waals surface area contributed by atoms with Gasteiger partial charge in [0.25, 0.3) is 0 Å². The highest BCUT2D eigenvalue weighted by Crippen LogP contribution is 2.53. The van der Waals surface area contributed by atoms with E-state index in [0.717, 1.165) is 62.6 Å². The van der Waals surface area contributed by atoms with E-state index in [0.29, 0.717) is 0 Å². The predicted octanol–water partition coefficient (Wildman–Crippen LogP) is 6.21. The molecule has 24 heavy (non-hydrogen) atoms. The van der Waals surface area contributed by atoms with Crippen molar-refractivity contribution in [3.05, 3.63) is 29.8 Å². The molecular weight excluding hydrogens is 321 g/mol. The second-order valence-electron chi connectivity index (χ2n) is 7.21. The molecule has 134 valence electrons. The summed E-state index contributed by atoms with van der Waals surface area (Å²) in [6.45, 7) is 2.03. The quantitative estimate of drug-likeness (QED) is 0.619. The second-order valence-corrected chi connectivity index (χ2v) is 8.85. The minimum Gasteiger partial charge on any atom is -0.293 e. The summed E-state index contributed by atoms with van der Waals surface area (Å²) in [5.74, 6) is 0. The molecule has 2 aliphatic rings. The van der Waals surface area contributed by atoms with E-state index >= 15 is 0 Å². The van der Waals surface area contributed by atoms with Crippen molar-refractivity contribution in [3.63, 3.8) is 0 Å². The van der Waals surface area contributed by atoms with Crippen molar-refractivity contribution in [2.24, 2.45) is 0 Å². The van der Waals surface area contributed by atoms with Crippen LogP contribution >= 0.6 is 7.75 Å². The highest BCUT2D eigenvalue weighted by atomic mass is 31.2. The fourth-order valence-corrected chi connectivity index (χ4v) is 5.50. The first-order valence-electron chi connectivity index (χ1n) is 9.45. The van der Waals surface area contributed by atoms with Crippen molar-refractivity contribution < 1.29 is 13.6 Å². The molecule has 5 heteroatoms. The zero-order valence-corrected chi connectivity index (χ0v) is 15.6.